The van der Waals surface area contributed by atoms with Gasteiger partial charge in [-0.25, -0.2) is 4.98 Å². The molecule has 0 saturated carbocycles. The largest absolute Gasteiger partial charge is 0.480 e. The summed E-state index contributed by atoms with van der Waals surface area (Å²) in [5.74, 6) is -1.08. The Kier molecular flexibility index (Phi) is 3.66. The molecule has 0 bridgehead atoms. The van der Waals surface area contributed by atoms with Gasteiger partial charge in [-0.3, -0.25) is 9.48 Å². The van der Waals surface area contributed by atoms with Crippen LogP contribution in [0.5, 0.6) is 0 Å². The third-order valence-corrected chi connectivity index (χ3v) is 3.77. The van der Waals surface area contributed by atoms with Crippen molar-refractivity contribution in [2.75, 3.05) is 0 Å². The number of aromatic nitrogens is 3. The molecule has 20 heavy (non-hydrogen) atoms. The first kappa shape index (κ1) is 14.7. The van der Waals surface area contributed by atoms with Crippen LogP contribution in [-0.2, 0) is 17.3 Å². The molecule has 0 amide bonds. The molecule has 0 spiro atoms. The van der Waals surface area contributed by atoms with Gasteiger partial charge in [-0.05, 0) is 0 Å². The zero-order chi connectivity index (χ0) is 15.1. The standard InChI is InChI=1S/C13H18N4O2S/c1-13(2,3)10-7(5-17(4)16-10)11-15-8(6-20-11)9(14)12(18)19/h5-6,9H,14H2,1-4H3,(H,18,19). The molecule has 7 heteroatoms. The second-order valence-electron chi connectivity index (χ2n) is 5.71. The molecule has 2 rings (SSSR count). The molecule has 3 N–H and O–H groups in total. The van der Waals surface area contributed by atoms with E-state index in [1.807, 2.05) is 13.2 Å². The van der Waals surface area contributed by atoms with Crippen LogP contribution in [0, 0.1) is 0 Å². The second kappa shape index (κ2) is 4.99. The number of carboxylic acid groups (broad SMARTS) is 1. The third-order valence-electron chi connectivity index (χ3n) is 2.88. The molecule has 1 atom stereocenters. The average Bonchev–Trinajstić information content (AvgIpc) is 2.92. The summed E-state index contributed by atoms with van der Waals surface area (Å²) in [6.07, 6.45) is 1.90. The Labute approximate surface area is 121 Å². The van der Waals surface area contributed by atoms with Crippen LogP contribution in [0.2, 0.25) is 0 Å². The topological polar surface area (TPSA) is 94.0 Å². The molecule has 1 unspecified atom stereocenters. The lowest BCUT2D eigenvalue weighted by Gasteiger charge is -2.16. The van der Waals surface area contributed by atoms with Crippen molar-refractivity contribution in [2.45, 2.75) is 32.2 Å². The van der Waals surface area contributed by atoms with Crippen molar-refractivity contribution in [3.8, 4) is 10.6 Å². The molecule has 0 aliphatic carbocycles. The number of nitrogens with two attached hydrogens (primary N) is 1. The number of thiazole rings is 1. The summed E-state index contributed by atoms with van der Waals surface area (Å²) in [5.41, 5.74) is 7.70. The van der Waals surface area contributed by atoms with Crippen molar-refractivity contribution in [1.82, 2.24) is 14.8 Å². The number of carbonyl (C=O) groups is 1. The van der Waals surface area contributed by atoms with Gasteiger partial charge in [0.15, 0.2) is 0 Å². The van der Waals surface area contributed by atoms with E-state index in [-0.39, 0.29) is 5.41 Å². The lowest BCUT2D eigenvalue weighted by Crippen LogP contribution is -2.20. The quantitative estimate of drug-likeness (QED) is 0.902. The maximum atomic E-state index is 10.9. The van der Waals surface area contributed by atoms with Crippen LogP contribution in [0.4, 0.5) is 0 Å². The van der Waals surface area contributed by atoms with Gasteiger partial charge in [0.25, 0.3) is 0 Å². The first-order valence-electron chi connectivity index (χ1n) is 6.18. The summed E-state index contributed by atoms with van der Waals surface area (Å²) >= 11 is 1.38. The van der Waals surface area contributed by atoms with E-state index >= 15 is 0 Å². The van der Waals surface area contributed by atoms with Gasteiger partial charge in [0.05, 0.1) is 17.0 Å². The van der Waals surface area contributed by atoms with Gasteiger partial charge < -0.3 is 10.8 Å². The van der Waals surface area contributed by atoms with E-state index < -0.39 is 12.0 Å². The van der Waals surface area contributed by atoms with Crippen LogP contribution in [0.25, 0.3) is 10.6 Å². The highest BCUT2D eigenvalue weighted by molar-refractivity contribution is 7.13. The maximum Gasteiger partial charge on any atom is 0.326 e. The fraction of sp³-hybridized carbons (Fsp3) is 0.462. The Bertz CT molecular complexity index is 639. The number of nitrogens with zero attached hydrogens (tertiary/aromatic N) is 3. The molecular weight excluding hydrogens is 276 g/mol. The van der Waals surface area contributed by atoms with Crippen molar-refractivity contribution >= 4 is 17.3 Å². The normalized spacial score (nSPS) is 13.4. The number of hydrogen-bond acceptors (Lipinski definition) is 5. The molecule has 2 aromatic rings. The van der Waals surface area contributed by atoms with Crippen molar-refractivity contribution in [3.63, 3.8) is 0 Å². The molecule has 108 valence electrons. The number of hydrogen-bond donors (Lipinski definition) is 2. The summed E-state index contributed by atoms with van der Waals surface area (Å²) in [6.45, 7) is 6.24. The molecule has 6 nitrogen and oxygen atoms in total. The van der Waals surface area contributed by atoms with E-state index in [9.17, 15) is 4.79 Å². The Hall–Kier alpha value is -1.73. The maximum absolute atomic E-state index is 10.9. The zero-order valence-corrected chi connectivity index (χ0v) is 12.7. The molecule has 0 aliphatic rings. The highest BCUT2D eigenvalue weighted by Gasteiger charge is 2.25. The van der Waals surface area contributed by atoms with E-state index in [4.69, 9.17) is 10.8 Å². The van der Waals surface area contributed by atoms with Gasteiger partial charge >= 0.3 is 5.97 Å². The molecule has 2 heterocycles. The van der Waals surface area contributed by atoms with Crippen LogP contribution in [0.1, 0.15) is 38.2 Å². The second-order valence-corrected chi connectivity index (χ2v) is 6.57. The molecule has 0 saturated heterocycles. The minimum absolute atomic E-state index is 0.114. The molecule has 0 radical (unpaired) electrons. The van der Waals surface area contributed by atoms with Gasteiger partial charge in [0, 0.05) is 24.0 Å². The van der Waals surface area contributed by atoms with Crippen LogP contribution in [0.15, 0.2) is 11.6 Å². The fourth-order valence-corrected chi connectivity index (χ4v) is 2.74. The third kappa shape index (κ3) is 2.73. The van der Waals surface area contributed by atoms with Crippen LogP contribution >= 0.6 is 11.3 Å². The smallest absolute Gasteiger partial charge is 0.326 e. The minimum Gasteiger partial charge on any atom is -0.480 e. The van der Waals surface area contributed by atoms with Gasteiger partial charge in [-0.15, -0.1) is 11.3 Å². The summed E-state index contributed by atoms with van der Waals surface area (Å²) in [5, 5.41) is 15.8. The first-order chi connectivity index (χ1) is 9.20. The summed E-state index contributed by atoms with van der Waals surface area (Å²) in [4.78, 5) is 15.2. The van der Waals surface area contributed by atoms with Gasteiger partial charge in [-0.2, -0.15) is 5.10 Å². The van der Waals surface area contributed by atoms with Crippen molar-refractivity contribution in [1.29, 1.82) is 0 Å². The van der Waals surface area contributed by atoms with Gasteiger partial charge in [0.1, 0.15) is 11.0 Å². The van der Waals surface area contributed by atoms with Crippen molar-refractivity contribution in [3.05, 3.63) is 23.0 Å². The number of rotatable bonds is 3. The summed E-state index contributed by atoms with van der Waals surface area (Å²) in [6, 6.07) is -1.09. The van der Waals surface area contributed by atoms with Crippen LogP contribution < -0.4 is 5.73 Å². The Balaban J connectivity index is 2.45. The van der Waals surface area contributed by atoms with Gasteiger partial charge in [-0.1, -0.05) is 20.8 Å². The average molecular weight is 294 g/mol. The van der Waals surface area contributed by atoms with Crippen molar-refractivity contribution < 1.29 is 9.90 Å². The van der Waals surface area contributed by atoms with E-state index in [1.165, 1.54) is 11.3 Å². The van der Waals surface area contributed by atoms with E-state index in [0.717, 1.165) is 16.3 Å². The number of aryl methyl sites for hydroxylation is 1. The van der Waals surface area contributed by atoms with E-state index in [1.54, 1.807) is 10.1 Å². The van der Waals surface area contributed by atoms with E-state index in [2.05, 4.69) is 30.9 Å². The minimum atomic E-state index is -1.09. The fourth-order valence-electron chi connectivity index (χ4n) is 1.88. The first-order valence-corrected chi connectivity index (χ1v) is 7.06. The predicted molar refractivity (Wildman–Crippen MR) is 77.6 cm³/mol. The summed E-state index contributed by atoms with van der Waals surface area (Å²) < 4.78 is 1.74. The zero-order valence-electron chi connectivity index (χ0n) is 11.9. The van der Waals surface area contributed by atoms with Gasteiger partial charge in [0.2, 0.25) is 0 Å². The predicted octanol–water partition coefficient (Wildman–Crippen LogP) is 1.93. The van der Waals surface area contributed by atoms with Crippen LogP contribution in [0.3, 0.4) is 0 Å². The number of carboxylic acids is 1. The molecule has 0 aliphatic heterocycles. The highest BCUT2D eigenvalue weighted by Crippen LogP contribution is 2.34. The highest BCUT2D eigenvalue weighted by atomic mass is 32.1. The van der Waals surface area contributed by atoms with E-state index in [0.29, 0.717) is 5.69 Å². The lowest BCUT2D eigenvalue weighted by molar-refractivity contribution is -0.138. The Morgan fingerprint density at radius 1 is 1.50 bits per heavy atom. The summed E-state index contributed by atoms with van der Waals surface area (Å²) in [7, 11) is 1.86. The molecule has 0 fully saturated rings. The van der Waals surface area contributed by atoms with Crippen LogP contribution in [-0.4, -0.2) is 25.8 Å². The monoisotopic (exact) mass is 294 g/mol. The Morgan fingerprint density at radius 2 is 2.15 bits per heavy atom. The molecular formula is C13H18N4O2S. The number of aliphatic carboxylic acids is 1. The molecule has 0 aromatic carbocycles. The SMILES string of the molecule is Cn1cc(-c2nc(C(N)C(=O)O)cs2)c(C(C)(C)C)n1. The lowest BCUT2D eigenvalue weighted by atomic mass is 9.90. The van der Waals surface area contributed by atoms with Crippen molar-refractivity contribution in [2.24, 2.45) is 12.8 Å². The molecule has 2 aromatic heterocycles. The Morgan fingerprint density at radius 3 is 2.70 bits per heavy atom.